The van der Waals surface area contributed by atoms with Crippen LogP contribution in [-0.4, -0.2) is 27.1 Å². The molecule has 0 atom stereocenters. The molecule has 1 aliphatic rings. The van der Waals surface area contributed by atoms with Crippen LogP contribution < -0.4 is 5.32 Å². The third-order valence-corrected chi connectivity index (χ3v) is 6.73. The number of aromatic nitrogens is 2. The summed E-state index contributed by atoms with van der Waals surface area (Å²) in [6.07, 6.45) is 4.03. The van der Waals surface area contributed by atoms with Gasteiger partial charge in [-0.2, -0.15) is 10.4 Å². The number of thiophene rings is 2. The first-order valence-corrected chi connectivity index (χ1v) is 10.3. The van der Waals surface area contributed by atoms with Crippen LogP contribution in [0.1, 0.15) is 36.1 Å². The van der Waals surface area contributed by atoms with Gasteiger partial charge in [-0.3, -0.25) is 14.4 Å². The van der Waals surface area contributed by atoms with Crippen LogP contribution in [-0.2, 0) is 26.6 Å². The lowest BCUT2D eigenvalue weighted by Gasteiger charge is -2.26. The van der Waals surface area contributed by atoms with Crippen molar-refractivity contribution in [3.63, 3.8) is 0 Å². The van der Waals surface area contributed by atoms with Gasteiger partial charge in [-0.25, -0.2) is 0 Å². The van der Waals surface area contributed by atoms with E-state index >= 15 is 0 Å². The molecular weight excluding hydrogens is 378 g/mol. The molecule has 0 saturated carbocycles. The molecule has 0 saturated heterocycles. The Kier molecular flexibility index (Phi) is 4.83. The third-order valence-electron chi connectivity index (χ3n) is 4.62. The van der Waals surface area contributed by atoms with Crippen molar-refractivity contribution in [2.75, 3.05) is 11.9 Å². The van der Waals surface area contributed by atoms with E-state index in [0.29, 0.717) is 16.1 Å². The summed E-state index contributed by atoms with van der Waals surface area (Å²) in [5.41, 5.74) is 2.18. The van der Waals surface area contributed by atoms with Gasteiger partial charge >= 0.3 is 0 Å². The maximum absolute atomic E-state index is 12.4. The number of anilines is 1. The minimum Gasteiger partial charge on any atom is -0.312 e. The summed E-state index contributed by atoms with van der Waals surface area (Å²) in [5, 5.41) is 17.2. The van der Waals surface area contributed by atoms with E-state index in [1.54, 1.807) is 17.9 Å². The quantitative estimate of drug-likeness (QED) is 0.731. The van der Waals surface area contributed by atoms with Crippen LogP contribution in [0.4, 0.5) is 5.00 Å². The predicted octanol–water partition coefficient (Wildman–Crippen LogP) is 3.53. The highest BCUT2D eigenvalue weighted by Gasteiger charge is 2.26. The molecule has 1 aliphatic heterocycles. The van der Waals surface area contributed by atoms with E-state index in [9.17, 15) is 10.1 Å². The number of hydrogen-bond acceptors (Lipinski definition) is 6. The molecule has 4 rings (SSSR count). The maximum Gasteiger partial charge on any atom is 0.259 e. The van der Waals surface area contributed by atoms with Crippen molar-refractivity contribution < 1.29 is 4.79 Å². The lowest BCUT2D eigenvalue weighted by atomic mass is 10.0. The van der Waals surface area contributed by atoms with Crippen LogP contribution in [0.5, 0.6) is 0 Å². The van der Waals surface area contributed by atoms with Gasteiger partial charge in [0.2, 0.25) is 0 Å². The molecule has 4 heterocycles. The van der Waals surface area contributed by atoms with Crippen molar-refractivity contribution in [1.82, 2.24) is 14.7 Å². The fourth-order valence-corrected chi connectivity index (χ4v) is 5.47. The first kappa shape index (κ1) is 17.9. The van der Waals surface area contributed by atoms with E-state index in [1.807, 2.05) is 11.3 Å². The standard InChI is InChI=1S/C19H19N5OS2/c1-12-3-4-14(26-12)10-24-6-5-15-16(7-20)19(27-17(15)11-24)22-18(25)13-8-21-23(2)9-13/h3-4,8-9H,5-6,10-11H2,1-2H3,(H,22,25). The second-order valence-corrected chi connectivity index (χ2v) is 9.13. The van der Waals surface area contributed by atoms with Gasteiger partial charge in [-0.15, -0.1) is 22.7 Å². The summed E-state index contributed by atoms with van der Waals surface area (Å²) in [4.78, 5) is 18.7. The van der Waals surface area contributed by atoms with Crippen LogP contribution in [0.3, 0.4) is 0 Å². The molecule has 3 aromatic rings. The highest BCUT2D eigenvalue weighted by molar-refractivity contribution is 7.16. The molecule has 0 bridgehead atoms. The number of nitrogens with zero attached hydrogens (tertiary/aromatic N) is 4. The van der Waals surface area contributed by atoms with Gasteiger partial charge in [-0.1, -0.05) is 0 Å². The van der Waals surface area contributed by atoms with Crippen LogP contribution >= 0.6 is 22.7 Å². The predicted molar refractivity (Wildman–Crippen MR) is 107 cm³/mol. The summed E-state index contributed by atoms with van der Waals surface area (Å²) < 4.78 is 1.59. The molecule has 138 valence electrons. The minimum absolute atomic E-state index is 0.232. The number of nitrogens with one attached hydrogen (secondary N) is 1. The smallest absolute Gasteiger partial charge is 0.259 e. The molecule has 0 radical (unpaired) electrons. The molecule has 8 heteroatoms. The van der Waals surface area contributed by atoms with E-state index in [0.717, 1.165) is 31.6 Å². The molecule has 0 aliphatic carbocycles. The molecule has 0 aromatic carbocycles. The average Bonchev–Trinajstić information content (AvgIpc) is 3.33. The van der Waals surface area contributed by atoms with Gasteiger partial charge < -0.3 is 5.32 Å². The van der Waals surface area contributed by atoms with Crippen molar-refractivity contribution in [3.05, 3.63) is 55.8 Å². The zero-order valence-corrected chi connectivity index (χ0v) is 16.8. The number of hydrogen-bond donors (Lipinski definition) is 1. The third kappa shape index (κ3) is 3.67. The van der Waals surface area contributed by atoms with Crippen molar-refractivity contribution in [2.24, 2.45) is 7.05 Å². The molecular formula is C19H19N5OS2. The second-order valence-electron chi connectivity index (χ2n) is 6.65. The SMILES string of the molecule is Cc1ccc(CN2CCc3c(sc(NC(=O)c4cnn(C)c4)c3C#N)C2)s1. The Bertz CT molecular complexity index is 1040. The van der Waals surface area contributed by atoms with Gasteiger partial charge in [0.15, 0.2) is 0 Å². The Morgan fingerprint density at radius 2 is 2.26 bits per heavy atom. The first-order chi connectivity index (χ1) is 13.0. The largest absolute Gasteiger partial charge is 0.312 e. The average molecular weight is 398 g/mol. The Morgan fingerprint density at radius 1 is 1.41 bits per heavy atom. The van der Waals surface area contributed by atoms with Crippen molar-refractivity contribution in [1.29, 1.82) is 5.26 Å². The number of fused-ring (bicyclic) bond motifs is 1. The molecule has 27 heavy (non-hydrogen) atoms. The van der Waals surface area contributed by atoms with E-state index in [4.69, 9.17) is 0 Å². The molecule has 6 nitrogen and oxygen atoms in total. The molecule has 1 N–H and O–H groups in total. The van der Waals surface area contributed by atoms with Gasteiger partial charge in [-0.05, 0) is 31.0 Å². The highest BCUT2D eigenvalue weighted by atomic mass is 32.1. The number of aryl methyl sites for hydroxylation is 2. The van der Waals surface area contributed by atoms with Gasteiger partial charge in [0.1, 0.15) is 11.1 Å². The zero-order valence-electron chi connectivity index (χ0n) is 15.2. The molecule has 0 spiro atoms. The van der Waals surface area contributed by atoms with Gasteiger partial charge in [0.05, 0.1) is 17.3 Å². The topological polar surface area (TPSA) is 74.0 Å². The van der Waals surface area contributed by atoms with Crippen LogP contribution in [0.25, 0.3) is 0 Å². The van der Waals surface area contributed by atoms with E-state index in [-0.39, 0.29) is 5.91 Å². The normalized spacial score (nSPS) is 14.0. The molecule has 0 fully saturated rings. The Labute approximate surface area is 165 Å². The van der Waals surface area contributed by atoms with Gasteiger partial charge in [0.25, 0.3) is 5.91 Å². The van der Waals surface area contributed by atoms with Crippen LogP contribution in [0.2, 0.25) is 0 Å². The molecule has 3 aromatic heterocycles. The maximum atomic E-state index is 12.4. The summed E-state index contributed by atoms with van der Waals surface area (Å²) in [6.45, 7) is 4.78. The monoisotopic (exact) mass is 397 g/mol. The zero-order chi connectivity index (χ0) is 19.0. The van der Waals surface area contributed by atoms with Crippen molar-refractivity contribution in [2.45, 2.75) is 26.4 Å². The number of carbonyl (C=O) groups is 1. The Morgan fingerprint density at radius 3 is 2.93 bits per heavy atom. The highest BCUT2D eigenvalue weighted by Crippen LogP contribution is 2.37. The summed E-state index contributed by atoms with van der Waals surface area (Å²) in [5.74, 6) is -0.232. The van der Waals surface area contributed by atoms with Crippen LogP contribution in [0, 0.1) is 18.3 Å². The first-order valence-electron chi connectivity index (χ1n) is 8.66. The number of nitriles is 1. The fraction of sp³-hybridized carbons (Fsp3) is 0.316. The fourth-order valence-electron chi connectivity index (χ4n) is 3.30. The summed E-state index contributed by atoms with van der Waals surface area (Å²) >= 11 is 3.34. The van der Waals surface area contributed by atoms with E-state index in [2.05, 4.69) is 40.4 Å². The van der Waals surface area contributed by atoms with E-state index < -0.39 is 0 Å². The number of rotatable bonds is 4. The van der Waals surface area contributed by atoms with Crippen molar-refractivity contribution in [3.8, 4) is 6.07 Å². The Balaban J connectivity index is 1.52. The summed E-state index contributed by atoms with van der Waals surface area (Å²) in [6, 6.07) is 6.63. The van der Waals surface area contributed by atoms with Crippen LogP contribution in [0.15, 0.2) is 24.5 Å². The lowest BCUT2D eigenvalue weighted by Crippen LogP contribution is -2.29. The molecule has 0 unspecified atom stereocenters. The number of carbonyl (C=O) groups excluding carboxylic acids is 1. The second kappa shape index (κ2) is 7.27. The van der Waals surface area contributed by atoms with E-state index in [1.165, 1.54) is 32.2 Å². The Hall–Kier alpha value is -2.47. The summed E-state index contributed by atoms with van der Waals surface area (Å²) in [7, 11) is 1.77. The van der Waals surface area contributed by atoms with Gasteiger partial charge in [0, 0.05) is 47.5 Å². The lowest BCUT2D eigenvalue weighted by molar-refractivity contribution is 0.102. The molecule has 1 amide bonds. The van der Waals surface area contributed by atoms with Crippen molar-refractivity contribution >= 4 is 33.6 Å². The minimum atomic E-state index is -0.232. The number of amides is 1.